The van der Waals surface area contributed by atoms with Gasteiger partial charge in [-0.1, -0.05) is 36.4 Å². The number of nitrogens with zero attached hydrogens (tertiary/aromatic N) is 3. The average Bonchev–Trinajstić information content (AvgIpc) is 3.25. The predicted molar refractivity (Wildman–Crippen MR) is 99.3 cm³/mol. The van der Waals surface area contributed by atoms with Crippen LogP contribution >= 0.6 is 11.3 Å². The van der Waals surface area contributed by atoms with Crippen LogP contribution in [0.3, 0.4) is 0 Å². The van der Waals surface area contributed by atoms with Gasteiger partial charge in [-0.3, -0.25) is 9.36 Å². The third kappa shape index (κ3) is 4.13. The van der Waals surface area contributed by atoms with Gasteiger partial charge in [-0.2, -0.15) is 0 Å². The van der Waals surface area contributed by atoms with Gasteiger partial charge in [0.15, 0.2) is 5.82 Å². The molecule has 2 heterocycles. The summed E-state index contributed by atoms with van der Waals surface area (Å²) in [6.07, 6.45) is 3.23. The van der Waals surface area contributed by atoms with E-state index < -0.39 is 0 Å². The molecule has 0 aliphatic carbocycles. The van der Waals surface area contributed by atoms with Crippen LogP contribution in [0.4, 0.5) is 0 Å². The lowest BCUT2D eigenvalue weighted by molar-refractivity contribution is -0.116. The Bertz CT molecular complexity index is 924. The Morgan fingerprint density at radius 3 is 2.76 bits per heavy atom. The average molecular weight is 354 g/mol. The highest BCUT2D eigenvalue weighted by Crippen LogP contribution is 2.20. The summed E-state index contributed by atoms with van der Waals surface area (Å²) in [5, 5.41) is 9.05. The van der Waals surface area contributed by atoms with Crippen molar-refractivity contribution in [3.63, 3.8) is 0 Å². The maximum atomic E-state index is 12.2. The van der Waals surface area contributed by atoms with Crippen molar-refractivity contribution in [2.24, 2.45) is 7.05 Å². The van der Waals surface area contributed by atoms with Crippen LogP contribution in [-0.4, -0.2) is 26.8 Å². The molecule has 7 heteroatoms. The van der Waals surface area contributed by atoms with Crippen molar-refractivity contribution >= 4 is 23.3 Å². The molecule has 3 aromatic rings. The number of carbonyl (C=O) groups excluding carboxylic acids is 1. The molecule has 1 N–H and O–H groups in total. The largest absolute Gasteiger partial charge is 0.351 e. The van der Waals surface area contributed by atoms with Gasteiger partial charge >= 0.3 is 5.69 Å². The van der Waals surface area contributed by atoms with Crippen LogP contribution < -0.4 is 11.0 Å². The molecule has 1 amide bonds. The molecule has 0 fully saturated rings. The van der Waals surface area contributed by atoms with E-state index in [2.05, 4.69) is 10.4 Å². The summed E-state index contributed by atoms with van der Waals surface area (Å²) >= 11 is 1.53. The first-order valence-corrected chi connectivity index (χ1v) is 8.72. The molecule has 0 spiro atoms. The second-order valence-corrected chi connectivity index (χ2v) is 6.35. The van der Waals surface area contributed by atoms with Crippen LogP contribution in [0.5, 0.6) is 0 Å². The first-order chi connectivity index (χ1) is 12.1. The van der Waals surface area contributed by atoms with Gasteiger partial charge in [-0.15, -0.1) is 16.4 Å². The molecular weight excluding hydrogens is 336 g/mol. The highest BCUT2D eigenvalue weighted by Gasteiger charge is 2.12. The van der Waals surface area contributed by atoms with Crippen LogP contribution in [0.2, 0.25) is 0 Å². The molecule has 0 unspecified atom stereocenters. The van der Waals surface area contributed by atoms with Gasteiger partial charge in [-0.05, 0) is 23.1 Å². The summed E-state index contributed by atoms with van der Waals surface area (Å²) in [5.74, 6) is 0.432. The standard InChI is InChI=1S/C18H18N4O2S/c1-21-17(15-8-5-13-25-15)20-22(18(21)24)12-11-19-16(23)10-9-14-6-3-2-4-7-14/h2-10,13H,11-12H2,1H3,(H,19,23)/b10-9+. The Balaban J connectivity index is 1.57. The molecule has 0 saturated heterocycles. The van der Waals surface area contributed by atoms with Gasteiger partial charge < -0.3 is 5.32 Å². The van der Waals surface area contributed by atoms with E-state index in [0.29, 0.717) is 18.9 Å². The molecule has 0 bridgehead atoms. The minimum Gasteiger partial charge on any atom is -0.351 e. The zero-order valence-corrected chi connectivity index (χ0v) is 14.6. The van der Waals surface area contributed by atoms with E-state index in [1.807, 2.05) is 47.8 Å². The molecule has 2 aromatic heterocycles. The summed E-state index contributed by atoms with van der Waals surface area (Å²) in [6, 6.07) is 13.4. The van der Waals surface area contributed by atoms with Crippen LogP contribution in [0.1, 0.15) is 5.56 Å². The topological polar surface area (TPSA) is 68.9 Å². The van der Waals surface area contributed by atoms with Crippen LogP contribution in [0.15, 0.2) is 58.7 Å². The fourth-order valence-corrected chi connectivity index (χ4v) is 3.08. The fraction of sp³-hybridized carbons (Fsp3) is 0.167. The van der Waals surface area contributed by atoms with E-state index >= 15 is 0 Å². The zero-order valence-electron chi connectivity index (χ0n) is 13.8. The number of rotatable bonds is 6. The minimum absolute atomic E-state index is 0.197. The number of carbonyl (C=O) groups is 1. The Hall–Kier alpha value is -2.93. The number of hydrogen-bond donors (Lipinski definition) is 1. The van der Waals surface area contributed by atoms with Crippen molar-refractivity contribution in [3.05, 3.63) is 70.0 Å². The number of thiophene rings is 1. The Kier molecular flexibility index (Phi) is 5.25. The van der Waals surface area contributed by atoms with Gasteiger partial charge in [0.25, 0.3) is 0 Å². The number of amides is 1. The molecule has 0 aliphatic heterocycles. The van der Waals surface area contributed by atoms with Gasteiger partial charge in [0.05, 0.1) is 11.4 Å². The summed E-state index contributed by atoms with van der Waals surface area (Å²) in [7, 11) is 1.70. The number of hydrogen-bond acceptors (Lipinski definition) is 4. The quantitative estimate of drug-likeness (QED) is 0.690. The number of benzene rings is 1. The van der Waals surface area contributed by atoms with Gasteiger partial charge in [-0.25, -0.2) is 9.48 Å². The van der Waals surface area contributed by atoms with Gasteiger partial charge in [0, 0.05) is 19.7 Å². The van der Waals surface area contributed by atoms with Crippen molar-refractivity contribution in [1.82, 2.24) is 19.7 Å². The highest BCUT2D eigenvalue weighted by atomic mass is 32.1. The van der Waals surface area contributed by atoms with E-state index in [-0.39, 0.29) is 11.6 Å². The van der Waals surface area contributed by atoms with E-state index in [1.54, 1.807) is 13.1 Å². The third-order valence-electron chi connectivity index (χ3n) is 3.63. The summed E-state index contributed by atoms with van der Waals surface area (Å²) < 4.78 is 2.89. The van der Waals surface area contributed by atoms with Gasteiger partial charge in [0.1, 0.15) is 0 Å². The van der Waals surface area contributed by atoms with E-state index in [1.165, 1.54) is 26.7 Å². The molecule has 0 radical (unpaired) electrons. The molecule has 1 aromatic carbocycles. The molecule has 25 heavy (non-hydrogen) atoms. The SMILES string of the molecule is Cn1c(-c2cccs2)nn(CCNC(=O)/C=C/c2ccccc2)c1=O. The Labute approximate surface area is 149 Å². The summed E-state index contributed by atoms with van der Waals surface area (Å²) in [6.45, 7) is 0.654. The maximum Gasteiger partial charge on any atom is 0.346 e. The van der Waals surface area contributed by atoms with E-state index in [0.717, 1.165) is 10.4 Å². The van der Waals surface area contributed by atoms with Crippen molar-refractivity contribution in [2.75, 3.05) is 6.54 Å². The monoisotopic (exact) mass is 354 g/mol. The minimum atomic E-state index is -0.202. The zero-order chi connectivity index (χ0) is 17.6. The second kappa shape index (κ2) is 7.76. The highest BCUT2D eigenvalue weighted by molar-refractivity contribution is 7.13. The normalized spacial score (nSPS) is 11.1. The predicted octanol–water partition coefficient (Wildman–Crippen LogP) is 2.14. The van der Waals surface area contributed by atoms with Crippen molar-refractivity contribution in [1.29, 1.82) is 0 Å². The summed E-state index contributed by atoms with van der Waals surface area (Å²) in [5.41, 5.74) is 0.761. The van der Waals surface area contributed by atoms with E-state index in [9.17, 15) is 9.59 Å². The lowest BCUT2D eigenvalue weighted by Crippen LogP contribution is -2.30. The first kappa shape index (κ1) is 16.9. The smallest absolute Gasteiger partial charge is 0.346 e. The fourth-order valence-electron chi connectivity index (χ4n) is 2.33. The maximum absolute atomic E-state index is 12.2. The van der Waals surface area contributed by atoms with Crippen LogP contribution in [-0.2, 0) is 18.4 Å². The van der Waals surface area contributed by atoms with Crippen LogP contribution in [0.25, 0.3) is 16.8 Å². The lowest BCUT2D eigenvalue weighted by atomic mass is 10.2. The number of nitrogens with one attached hydrogen (secondary N) is 1. The molecular formula is C18H18N4O2S. The summed E-state index contributed by atoms with van der Waals surface area (Å²) in [4.78, 5) is 25.0. The number of aromatic nitrogens is 3. The van der Waals surface area contributed by atoms with Gasteiger partial charge in [0.2, 0.25) is 5.91 Å². The molecule has 6 nitrogen and oxygen atoms in total. The Morgan fingerprint density at radius 1 is 1.24 bits per heavy atom. The molecule has 0 saturated carbocycles. The first-order valence-electron chi connectivity index (χ1n) is 7.84. The van der Waals surface area contributed by atoms with Crippen molar-refractivity contribution in [3.8, 4) is 10.7 Å². The molecule has 0 atom stereocenters. The second-order valence-electron chi connectivity index (χ2n) is 5.40. The van der Waals surface area contributed by atoms with Crippen LogP contribution in [0, 0.1) is 0 Å². The van der Waals surface area contributed by atoms with E-state index in [4.69, 9.17) is 0 Å². The van der Waals surface area contributed by atoms with Crippen molar-refractivity contribution in [2.45, 2.75) is 6.54 Å². The third-order valence-corrected chi connectivity index (χ3v) is 4.50. The Morgan fingerprint density at radius 2 is 2.04 bits per heavy atom. The molecule has 128 valence electrons. The lowest BCUT2D eigenvalue weighted by Gasteiger charge is -2.01. The molecule has 3 rings (SSSR count). The molecule has 0 aliphatic rings. The van der Waals surface area contributed by atoms with Crippen molar-refractivity contribution < 1.29 is 4.79 Å².